The molecule has 0 amide bonds. The molecule has 3 rings (SSSR count). The first-order valence-corrected chi connectivity index (χ1v) is 16.7. The Kier molecular flexibility index (Phi) is 21.3. The molecule has 46 heavy (non-hydrogen) atoms. The van der Waals surface area contributed by atoms with E-state index in [1.165, 1.54) is 11.1 Å². The Morgan fingerprint density at radius 2 is 1.02 bits per heavy atom. The zero-order valence-electron chi connectivity index (χ0n) is 30.4. The number of rotatable bonds is 11. The van der Waals surface area contributed by atoms with Crippen molar-refractivity contribution in [2.24, 2.45) is 0 Å². The molecule has 0 aliphatic carbocycles. The minimum Gasteiger partial charge on any atom is -0.0991 e. The standard InChI is InChI=1S/C40H40.3C2H6/c1-9-17-29(7)30(8)23-33(14-6)38-26-39(36-21-15-19-34(24-36)31(11-3)12-4)28-40(27-38)37-22-16-20-35(25-37)32(13-5)18-10-2;3*1-2/h9-28H,1,3,6,8H2,2,4-5,7H3;3*1-2H3/b18-10-,29-17+,31-12+,32-13+,33-23+;;;. The van der Waals surface area contributed by atoms with Gasteiger partial charge in [0.05, 0.1) is 0 Å². The molecule has 3 aromatic carbocycles. The molecule has 0 heterocycles. The molecule has 0 fully saturated rings. The molecule has 3 aromatic rings. The number of allylic oxidation sites excluding steroid dienone is 14. The van der Waals surface area contributed by atoms with Crippen molar-refractivity contribution in [1.82, 2.24) is 0 Å². The molecule has 0 saturated carbocycles. The van der Waals surface area contributed by atoms with E-state index in [4.69, 9.17) is 0 Å². The normalized spacial score (nSPS) is 11.6. The lowest BCUT2D eigenvalue weighted by molar-refractivity contribution is 1.44. The van der Waals surface area contributed by atoms with Crippen LogP contribution in [0.3, 0.4) is 0 Å². The van der Waals surface area contributed by atoms with Gasteiger partial charge in [-0.15, -0.1) is 0 Å². The predicted molar refractivity (Wildman–Crippen MR) is 215 cm³/mol. The summed E-state index contributed by atoms with van der Waals surface area (Å²) in [5, 5.41) is 0. The third kappa shape index (κ3) is 12.0. The SMILES string of the molecule is C=C/C=C(\C)C(=C)/C=C(\C=C)c1cc(-c2cccc(/C(C=C)=C/C)c2)cc(-c2cccc(C(/C=C\C)=C/C)c2)c1.CC.CC.CC. The van der Waals surface area contributed by atoms with Crippen molar-refractivity contribution in [3.05, 3.63) is 176 Å². The van der Waals surface area contributed by atoms with E-state index < -0.39 is 0 Å². The Morgan fingerprint density at radius 1 is 0.565 bits per heavy atom. The van der Waals surface area contributed by atoms with Crippen LogP contribution in [0.15, 0.2) is 159 Å². The van der Waals surface area contributed by atoms with Gasteiger partial charge in [-0.1, -0.05) is 153 Å². The van der Waals surface area contributed by atoms with Gasteiger partial charge >= 0.3 is 0 Å². The van der Waals surface area contributed by atoms with Crippen molar-refractivity contribution in [2.45, 2.75) is 69.2 Å². The van der Waals surface area contributed by atoms with Gasteiger partial charge in [0.2, 0.25) is 0 Å². The van der Waals surface area contributed by atoms with Gasteiger partial charge in [0, 0.05) is 0 Å². The van der Waals surface area contributed by atoms with E-state index >= 15 is 0 Å². The van der Waals surface area contributed by atoms with Crippen LogP contribution in [0.5, 0.6) is 0 Å². The quantitative estimate of drug-likeness (QED) is 0.189. The van der Waals surface area contributed by atoms with Gasteiger partial charge in [0.1, 0.15) is 0 Å². The smallest absolute Gasteiger partial charge is 0.0171 e. The summed E-state index contributed by atoms with van der Waals surface area (Å²) in [6.07, 6.45) is 18.1. The highest BCUT2D eigenvalue weighted by Crippen LogP contribution is 2.34. The largest absolute Gasteiger partial charge is 0.0991 e. The summed E-state index contributed by atoms with van der Waals surface area (Å²) in [4.78, 5) is 0. The van der Waals surface area contributed by atoms with Crippen molar-refractivity contribution in [1.29, 1.82) is 0 Å². The van der Waals surface area contributed by atoms with Crippen molar-refractivity contribution in [2.75, 3.05) is 0 Å². The summed E-state index contributed by atoms with van der Waals surface area (Å²) < 4.78 is 0. The molecule has 242 valence electrons. The molecule has 0 aromatic heterocycles. The summed E-state index contributed by atoms with van der Waals surface area (Å²) in [5.41, 5.74) is 13.3. The fourth-order valence-electron chi connectivity index (χ4n) is 4.67. The van der Waals surface area contributed by atoms with E-state index in [0.717, 1.165) is 55.7 Å². The molecular formula is C46H58. The molecule has 0 saturated heterocycles. The fraction of sp³-hybridized carbons (Fsp3) is 0.217. The second-order valence-electron chi connectivity index (χ2n) is 9.57. The molecular weight excluding hydrogens is 553 g/mol. The maximum Gasteiger partial charge on any atom is -0.0171 e. The van der Waals surface area contributed by atoms with Crippen molar-refractivity contribution < 1.29 is 0 Å². The lowest BCUT2D eigenvalue weighted by atomic mass is 9.90. The molecule has 0 unspecified atom stereocenters. The minimum absolute atomic E-state index is 0.929. The topological polar surface area (TPSA) is 0 Å². The van der Waals surface area contributed by atoms with Crippen molar-refractivity contribution in [3.63, 3.8) is 0 Å². The lowest BCUT2D eigenvalue weighted by Crippen LogP contribution is -1.91. The van der Waals surface area contributed by atoms with Crippen LogP contribution >= 0.6 is 0 Å². The van der Waals surface area contributed by atoms with E-state index in [0.29, 0.717) is 0 Å². The number of benzene rings is 3. The zero-order chi connectivity index (χ0) is 35.1. The first-order chi connectivity index (χ1) is 22.4. The van der Waals surface area contributed by atoms with Crippen molar-refractivity contribution >= 4 is 16.7 Å². The van der Waals surface area contributed by atoms with Crippen LogP contribution in [0.1, 0.15) is 85.9 Å². The van der Waals surface area contributed by atoms with Crippen molar-refractivity contribution in [3.8, 4) is 22.3 Å². The molecule has 0 N–H and O–H groups in total. The van der Waals surface area contributed by atoms with Gasteiger partial charge < -0.3 is 0 Å². The third-order valence-corrected chi connectivity index (χ3v) is 6.94. The molecule has 0 nitrogen and oxygen atoms in total. The molecule has 0 spiro atoms. The number of hydrogen-bond acceptors (Lipinski definition) is 0. The van der Waals surface area contributed by atoms with Gasteiger partial charge in [-0.3, -0.25) is 0 Å². The van der Waals surface area contributed by atoms with E-state index in [9.17, 15) is 0 Å². The Morgan fingerprint density at radius 3 is 1.43 bits per heavy atom. The van der Waals surface area contributed by atoms with Gasteiger partial charge in [0.25, 0.3) is 0 Å². The Labute approximate surface area is 283 Å². The fourth-order valence-corrected chi connectivity index (χ4v) is 4.67. The Bertz CT molecular complexity index is 1570. The first-order valence-electron chi connectivity index (χ1n) is 16.7. The van der Waals surface area contributed by atoms with Gasteiger partial charge in [-0.05, 0) is 131 Å². The van der Waals surface area contributed by atoms with E-state index in [-0.39, 0.29) is 0 Å². The summed E-state index contributed by atoms with van der Waals surface area (Å²) in [5.74, 6) is 0. The maximum atomic E-state index is 4.29. The van der Waals surface area contributed by atoms with Crippen LogP contribution in [-0.4, -0.2) is 0 Å². The van der Waals surface area contributed by atoms with E-state index in [1.807, 2.05) is 80.5 Å². The zero-order valence-corrected chi connectivity index (χ0v) is 30.4. The summed E-state index contributed by atoms with van der Waals surface area (Å²) in [6.45, 7) is 36.5. The first kappa shape index (κ1) is 41.3. The molecule has 0 heteroatoms. The van der Waals surface area contributed by atoms with Gasteiger partial charge in [-0.2, -0.15) is 0 Å². The molecule has 0 aliphatic heterocycles. The van der Waals surface area contributed by atoms with Crippen LogP contribution < -0.4 is 0 Å². The number of hydrogen-bond donors (Lipinski definition) is 0. The van der Waals surface area contributed by atoms with Crippen LogP contribution in [0.2, 0.25) is 0 Å². The second kappa shape index (κ2) is 23.7. The summed E-state index contributed by atoms with van der Waals surface area (Å²) >= 11 is 0. The second-order valence-corrected chi connectivity index (χ2v) is 9.57. The maximum absolute atomic E-state index is 4.29. The predicted octanol–water partition coefficient (Wildman–Crippen LogP) is 14.9. The molecule has 0 aliphatic rings. The van der Waals surface area contributed by atoms with Gasteiger partial charge in [0.15, 0.2) is 0 Å². The summed E-state index contributed by atoms with van der Waals surface area (Å²) in [7, 11) is 0. The molecule has 0 atom stereocenters. The van der Waals surface area contributed by atoms with Crippen LogP contribution in [0, 0.1) is 0 Å². The lowest BCUT2D eigenvalue weighted by Gasteiger charge is -2.14. The average Bonchev–Trinajstić information content (AvgIpc) is 3.12. The molecule has 0 bridgehead atoms. The van der Waals surface area contributed by atoms with Crippen LogP contribution in [-0.2, 0) is 0 Å². The molecule has 0 radical (unpaired) electrons. The average molecular weight is 611 g/mol. The third-order valence-electron chi connectivity index (χ3n) is 6.94. The Balaban J connectivity index is 0.00000318. The summed E-state index contributed by atoms with van der Waals surface area (Å²) in [6, 6.07) is 24.1. The van der Waals surface area contributed by atoms with Crippen LogP contribution in [0.4, 0.5) is 0 Å². The highest BCUT2D eigenvalue weighted by Gasteiger charge is 2.11. The minimum atomic E-state index is 0.929. The Hall–Kier alpha value is -4.68. The van der Waals surface area contributed by atoms with Crippen LogP contribution in [0.25, 0.3) is 39.0 Å². The highest BCUT2D eigenvalue weighted by atomic mass is 14.1. The van der Waals surface area contributed by atoms with E-state index in [2.05, 4.69) is 130 Å². The monoisotopic (exact) mass is 610 g/mol. The van der Waals surface area contributed by atoms with E-state index in [1.54, 1.807) is 6.08 Å². The highest BCUT2D eigenvalue weighted by molar-refractivity contribution is 5.86. The van der Waals surface area contributed by atoms with Gasteiger partial charge in [-0.25, -0.2) is 0 Å².